The molecule has 0 aliphatic heterocycles. The minimum atomic E-state index is -1.33. The Kier molecular flexibility index (Phi) is 6.97. The summed E-state index contributed by atoms with van der Waals surface area (Å²) in [5.41, 5.74) is -0.956. The minimum Gasteiger partial charge on any atom is -0.478 e. The van der Waals surface area contributed by atoms with E-state index < -0.39 is 23.8 Å². The predicted octanol–water partition coefficient (Wildman–Crippen LogP) is 3.79. The zero-order valence-corrected chi connectivity index (χ0v) is 19.3. The molecule has 0 radical (unpaired) electrons. The molecular formula is C24H30N2O6. The van der Waals surface area contributed by atoms with Crippen LogP contribution in [-0.2, 0) is 0 Å². The summed E-state index contributed by atoms with van der Waals surface area (Å²) < 4.78 is 0. The van der Waals surface area contributed by atoms with Crippen LogP contribution in [0.3, 0.4) is 0 Å². The van der Waals surface area contributed by atoms with Gasteiger partial charge in [0.05, 0.1) is 11.1 Å². The molecule has 0 aromatic heterocycles. The van der Waals surface area contributed by atoms with Gasteiger partial charge in [0.1, 0.15) is 0 Å². The van der Waals surface area contributed by atoms with E-state index in [0.29, 0.717) is 13.1 Å². The van der Waals surface area contributed by atoms with Gasteiger partial charge in [-0.25, -0.2) is 9.59 Å². The number of hydrogen-bond donors (Lipinski definition) is 4. The van der Waals surface area contributed by atoms with Crippen molar-refractivity contribution in [2.24, 2.45) is 10.8 Å². The number of hydrogen-bond acceptors (Lipinski definition) is 4. The minimum absolute atomic E-state index is 0.00267. The van der Waals surface area contributed by atoms with Gasteiger partial charge in [0.15, 0.2) is 0 Å². The molecule has 8 nitrogen and oxygen atoms in total. The largest absolute Gasteiger partial charge is 0.478 e. The number of nitrogens with one attached hydrogen (secondary N) is 2. The van der Waals surface area contributed by atoms with Crippen LogP contribution < -0.4 is 10.6 Å². The number of fused-ring (bicyclic) bond motifs is 1. The van der Waals surface area contributed by atoms with E-state index in [1.54, 1.807) is 0 Å². The third kappa shape index (κ3) is 5.84. The summed E-state index contributed by atoms with van der Waals surface area (Å²) in [6.07, 6.45) is 0. The molecule has 0 bridgehead atoms. The van der Waals surface area contributed by atoms with Gasteiger partial charge in [-0.1, -0.05) is 41.5 Å². The highest BCUT2D eigenvalue weighted by Gasteiger charge is 2.26. The molecular weight excluding hydrogens is 412 g/mol. The topological polar surface area (TPSA) is 133 Å². The van der Waals surface area contributed by atoms with Gasteiger partial charge in [-0.05, 0) is 35.1 Å². The maximum Gasteiger partial charge on any atom is 0.336 e. The van der Waals surface area contributed by atoms with Gasteiger partial charge in [0, 0.05) is 35.0 Å². The van der Waals surface area contributed by atoms with Gasteiger partial charge in [-0.2, -0.15) is 0 Å². The lowest BCUT2D eigenvalue weighted by molar-refractivity contribution is 0.0684. The van der Waals surface area contributed by atoms with Crippen LogP contribution in [0.4, 0.5) is 0 Å². The molecule has 0 aliphatic rings. The van der Waals surface area contributed by atoms with Crippen LogP contribution in [-0.4, -0.2) is 47.1 Å². The number of carbonyl (C=O) groups is 4. The maximum atomic E-state index is 12.9. The molecule has 0 saturated heterocycles. The maximum absolute atomic E-state index is 12.9. The van der Waals surface area contributed by atoms with Crippen molar-refractivity contribution in [2.75, 3.05) is 13.1 Å². The second-order valence-corrected chi connectivity index (χ2v) is 10.2. The van der Waals surface area contributed by atoms with Crippen molar-refractivity contribution in [3.05, 3.63) is 46.5 Å². The van der Waals surface area contributed by atoms with Crippen molar-refractivity contribution in [1.82, 2.24) is 10.6 Å². The highest BCUT2D eigenvalue weighted by molar-refractivity contribution is 6.23. The Balaban J connectivity index is 2.79. The Hall–Kier alpha value is -3.42. The molecule has 172 valence electrons. The fourth-order valence-corrected chi connectivity index (χ4v) is 3.11. The lowest BCUT2D eigenvalue weighted by Crippen LogP contribution is -2.33. The first-order chi connectivity index (χ1) is 14.6. The van der Waals surface area contributed by atoms with Crippen molar-refractivity contribution in [3.63, 3.8) is 0 Å². The third-order valence-electron chi connectivity index (χ3n) is 4.67. The average molecular weight is 443 g/mol. The van der Waals surface area contributed by atoms with Crippen molar-refractivity contribution >= 4 is 34.5 Å². The second-order valence-electron chi connectivity index (χ2n) is 10.2. The average Bonchev–Trinajstić information content (AvgIpc) is 2.67. The van der Waals surface area contributed by atoms with E-state index in [1.807, 2.05) is 41.5 Å². The lowest BCUT2D eigenvalue weighted by atomic mass is 9.90. The molecule has 0 spiro atoms. The van der Waals surface area contributed by atoms with Gasteiger partial charge >= 0.3 is 11.9 Å². The third-order valence-corrected chi connectivity index (χ3v) is 4.67. The Morgan fingerprint density at radius 3 is 1.16 bits per heavy atom. The molecule has 8 heteroatoms. The van der Waals surface area contributed by atoms with Gasteiger partial charge in [-0.3, -0.25) is 9.59 Å². The first-order valence-corrected chi connectivity index (χ1v) is 10.2. The molecule has 2 aromatic rings. The molecule has 0 saturated carbocycles. The van der Waals surface area contributed by atoms with Crippen LogP contribution >= 0.6 is 0 Å². The summed E-state index contributed by atoms with van der Waals surface area (Å²) in [4.78, 5) is 49.8. The Labute approximate surface area is 187 Å². The standard InChI is InChI=1S/C24H30N2O6/c1-23(2,3)11-25-19(27)13-7-8-14(20(28)26-12-24(4,5)6)18-16(22(31)32)10-9-15(17(13)18)21(29)30/h7-10H,11-12H2,1-6H3,(H,25,27)(H,26,28)(H,29,30)(H,31,32). The fourth-order valence-electron chi connectivity index (χ4n) is 3.11. The van der Waals surface area contributed by atoms with Gasteiger partial charge in [-0.15, -0.1) is 0 Å². The quantitative estimate of drug-likeness (QED) is 0.538. The molecule has 0 heterocycles. The number of amides is 2. The first kappa shape index (κ1) is 24.8. The highest BCUT2D eigenvalue weighted by Crippen LogP contribution is 2.31. The van der Waals surface area contributed by atoms with Gasteiger partial charge in [0.25, 0.3) is 11.8 Å². The summed E-state index contributed by atoms with van der Waals surface area (Å²) in [6.45, 7) is 12.2. The summed E-state index contributed by atoms with van der Waals surface area (Å²) >= 11 is 0. The van der Waals surface area contributed by atoms with Gasteiger partial charge in [0.2, 0.25) is 0 Å². The van der Waals surface area contributed by atoms with Crippen LogP contribution in [0, 0.1) is 10.8 Å². The summed E-state index contributed by atoms with van der Waals surface area (Å²) in [6, 6.07) is 5.02. The van der Waals surface area contributed by atoms with Crippen molar-refractivity contribution in [3.8, 4) is 0 Å². The molecule has 0 atom stereocenters. The molecule has 2 amide bonds. The van der Waals surface area contributed by atoms with E-state index in [9.17, 15) is 29.4 Å². The number of carbonyl (C=O) groups excluding carboxylic acids is 2. The lowest BCUT2D eigenvalue weighted by Gasteiger charge is -2.21. The number of benzene rings is 2. The van der Waals surface area contributed by atoms with Crippen LogP contribution in [0.1, 0.15) is 83.0 Å². The monoisotopic (exact) mass is 442 g/mol. The predicted molar refractivity (Wildman–Crippen MR) is 121 cm³/mol. The number of rotatable bonds is 6. The van der Waals surface area contributed by atoms with Crippen LogP contribution in [0.15, 0.2) is 24.3 Å². The van der Waals surface area contributed by atoms with Crippen LogP contribution in [0.2, 0.25) is 0 Å². The zero-order valence-electron chi connectivity index (χ0n) is 19.3. The van der Waals surface area contributed by atoms with Crippen LogP contribution in [0.25, 0.3) is 10.8 Å². The van der Waals surface area contributed by atoms with Crippen LogP contribution in [0.5, 0.6) is 0 Å². The van der Waals surface area contributed by atoms with E-state index in [4.69, 9.17) is 0 Å². The highest BCUT2D eigenvalue weighted by atomic mass is 16.4. The van der Waals surface area contributed by atoms with E-state index in [-0.39, 0.29) is 43.9 Å². The Morgan fingerprint density at radius 1 is 0.625 bits per heavy atom. The summed E-state index contributed by atoms with van der Waals surface area (Å²) in [5, 5.41) is 24.8. The summed E-state index contributed by atoms with van der Waals surface area (Å²) in [7, 11) is 0. The Bertz CT molecular complexity index is 1000. The van der Waals surface area contributed by atoms with E-state index in [1.165, 1.54) is 12.1 Å². The molecule has 4 N–H and O–H groups in total. The Morgan fingerprint density at radius 2 is 0.906 bits per heavy atom. The van der Waals surface area contributed by atoms with Crippen molar-refractivity contribution in [2.45, 2.75) is 41.5 Å². The van der Waals surface area contributed by atoms with E-state index >= 15 is 0 Å². The van der Waals surface area contributed by atoms with Gasteiger partial charge < -0.3 is 20.8 Å². The number of aromatic carboxylic acids is 2. The fraction of sp³-hybridized carbons (Fsp3) is 0.417. The number of carboxylic acids is 2. The van der Waals surface area contributed by atoms with Crippen molar-refractivity contribution in [1.29, 1.82) is 0 Å². The SMILES string of the molecule is CC(C)(C)CNC(=O)c1ccc(C(=O)NCC(C)(C)C)c2c(C(=O)O)ccc(C(=O)O)c12. The first-order valence-electron chi connectivity index (χ1n) is 10.2. The molecule has 0 unspecified atom stereocenters. The molecule has 32 heavy (non-hydrogen) atoms. The van der Waals surface area contributed by atoms with E-state index in [2.05, 4.69) is 10.6 Å². The summed E-state index contributed by atoms with van der Waals surface area (Å²) in [5.74, 6) is -3.75. The molecule has 0 aliphatic carbocycles. The van der Waals surface area contributed by atoms with E-state index in [0.717, 1.165) is 12.1 Å². The normalized spacial score (nSPS) is 11.8. The zero-order chi connectivity index (χ0) is 24.4. The second kappa shape index (κ2) is 8.98. The molecule has 0 fully saturated rings. The molecule has 2 aromatic carbocycles. The molecule has 2 rings (SSSR count). The smallest absolute Gasteiger partial charge is 0.336 e. The van der Waals surface area contributed by atoms with Crippen molar-refractivity contribution < 1.29 is 29.4 Å². The number of carboxylic acid groups (broad SMARTS) is 2.